The third-order valence-electron chi connectivity index (χ3n) is 3.90. The van der Waals surface area contributed by atoms with Gasteiger partial charge in [0, 0.05) is 18.6 Å². The fourth-order valence-electron chi connectivity index (χ4n) is 3.07. The van der Waals surface area contributed by atoms with Crippen LogP contribution in [0.1, 0.15) is 52.9 Å². The highest BCUT2D eigenvalue weighted by Crippen LogP contribution is 2.24. The molecule has 0 radical (unpaired) electrons. The molecule has 2 nitrogen and oxygen atoms in total. The van der Waals surface area contributed by atoms with Crippen LogP contribution in [-0.4, -0.2) is 37.6 Å². The summed E-state index contributed by atoms with van der Waals surface area (Å²) in [6.07, 6.45) is 6.93. The summed E-state index contributed by atoms with van der Waals surface area (Å²) in [6.45, 7) is 8.24. The number of nitrogens with one attached hydrogen (secondary N) is 1. The van der Waals surface area contributed by atoms with Crippen LogP contribution in [0, 0.1) is 11.8 Å². The fourth-order valence-corrected chi connectivity index (χ4v) is 3.07. The lowest BCUT2D eigenvalue weighted by molar-refractivity contribution is 0.220. The molecule has 0 saturated heterocycles. The monoisotopic (exact) mass is 240 g/mol. The van der Waals surface area contributed by atoms with Crippen LogP contribution in [0.25, 0.3) is 0 Å². The summed E-state index contributed by atoms with van der Waals surface area (Å²) in [6, 6.07) is 1.42. The molecule has 3 atom stereocenters. The molecule has 0 amide bonds. The molecule has 1 fully saturated rings. The van der Waals surface area contributed by atoms with Gasteiger partial charge in [0.05, 0.1) is 0 Å². The predicted molar refractivity (Wildman–Crippen MR) is 76.4 cm³/mol. The number of hydrogen-bond donors (Lipinski definition) is 1. The molecule has 0 aliphatic heterocycles. The largest absolute Gasteiger partial charge is 0.310 e. The molecule has 0 aromatic rings. The Kier molecular flexibility index (Phi) is 6.50. The molecule has 1 saturated carbocycles. The van der Waals surface area contributed by atoms with Crippen molar-refractivity contribution in [3.8, 4) is 0 Å². The maximum atomic E-state index is 3.93. The van der Waals surface area contributed by atoms with Crippen LogP contribution in [0.15, 0.2) is 0 Å². The van der Waals surface area contributed by atoms with Crippen molar-refractivity contribution in [2.24, 2.45) is 11.8 Å². The highest BCUT2D eigenvalue weighted by atomic mass is 15.1. The summed E-state index contributed by atoms with van der Waals surface area (Å²) in [5, 5.41) is 3.93. The minimum atomic E-state index is 0.663. The summed E-state index contributed by atoms with van der Waals surface area (Å²) in [4.78, 5) is 2.31. The van der Waals surface area contributed by atoms with E-state index in [9.17, 15) is 0 Å². The predicted octanol–water partition coefficient (Wildman–Crippen LogP) is 3.13. The van der Waals surface area contributed by atoms with Gasteiger partial charge in [-0.15, -0.1) is 0 Å². The van der Waals surface area contributed by atoms with Gasteiger partial charge in [0.15, 0.2) is 0 Å². The average molecular weight is 240 g/mol. The molecule has 0 bridgehead atoms. The quantitative estimate of drug-likeness (QED) is 0.767. The molecule has 0 spiro atoms. The van der Waals surface area contributed by atoms with Crippen molar-refractivity contribution in [1.29, 1.82) is 0 Å². The van der Waals surface area contributed by atoms with Crippen LogP contribution >= 0.6 is 0 Å². The zero-order chi connectivity index (χ0) is 12.8. The fraction of sp³-hybridized carbons (Fsp3) is 1.00. The topological polar surface area (TPSA) is 15.3 Å². The molecule has 0 heterocycles. The normalized spacial score (nSPS) is 27.7. The number of rotatable bonds is 6. The second kappa shape index (κ2) is 7.38. The average Bonchev–Trinajstić information content (AvgIpc) is 2.19. The van der Waals surface area contributed by atoms with Crippen molar-refractivity contribution in [2.45, 2.75) is 65.0 Å². The van der Waals surface area contributed by atoms with Crippen molar-refractivity contribution in [1.82, 2.24) is 10.2 Å². The van der Waals surface area contributed by atoms with Gasteiger partial charge in [0.1, 0.15) is 0 Å². The van der Waals surface area contributed by atoms with E-state index in [2.05, 4.69) is 45.1 Å². The smallest absolute Gasteiger partial charge is 0.0199 e. The van der Waals surface area contributed by atoms with E-state index in [1.54, 1.807) is 0 Å². The van der Waals surface area contributed by atoms with Crippen molar-refractivity contribution in [2.75, 3.05) is 20.6 Å². The molecule has 17 heavy (non-hydrogen) atoms. The Morgan fingerprint density at radius 2 is 1.82 bits per heavy atom. The highest BCUT2D eigenvalue weighted by molar-refractivity contribution is 4.83. The second-order valence-corrected chi connectivity index (χ2v) is 6.62. The number of nitrogens with zero attached hydrogens (tertiary/aromatic N) is 1. The minimum absolute atomic E-state index is 0.663. The molecule has 0 aromatic heterocycles. The zero-order valence-corrected chi connectivity index (χ0v) is 12.5. The molecule has 3 unspecified atom stereocenters. The molecular weight excluding hydrogens is 208 g/mol. The first-order valence-electron chi connectivity index (χ1n) is 7.39. The van der Waals surface area contributed by atoms with Crippen molar-refractivity contribution >= 4 is 0 Å². The summed E-state index contributed by atoms with van der Waals surface area (Å²) in [7, 11) is 4.36. The molecular formula is C15H32N2. The first-order valence-corrected chi connectivity index (χ1v) is 7.39. The van der Waals surface area contributed by atoms with Crippen molar-refractivity contribution in [3.63, 3.8) is 0 Å². The Balaban J connectivity index is 2.45. The maximum absolute atomic E-state index is 3.93. The van der Waals surface area contributed by atoms with Crippen molar-refractivity contribution < 1.29 is 0 Å². The zero-order valence-electron chi connectivity index (χ0n) is 12.5. The van der Waals surface area contributed by atoms with E-state index in [1.807, 2.05) is 0 Å². The van der Waals surface area contributed by atoms with Crippen LogP contribution in [0.2, 0.25) is 0 Å². The molecule has 1 aliphatic rings. The molecule has 1 rings (SSSR count). The van der Waals surface area contributed by atoms with Gasteiger partial charge in [-0.05, 0) is 45.2 Å². The van der Waals surface area contributed by atoms with Crippen LogP contribution in [0.4, 0.5) is 0 Å². The number of likely N-dealkylation sites (N-methyl/N-ethyl adjacent to an activating group) is 1. The summed E-state index contributed by atoms with van der Waals surface area (Å²) < 4.78 is 0. The molecule has 2 heteroatoms. The highest BCUT2D eigenvalue weighted by Gasteiger charge is 2.24. The molecule has 1 aliphatic carbocycles. The standard InChI is InChI=1S/C15H32N2/c1-12(2)10-14(11-17(4)5)16-15-9-7-6-8-13(15)3/h12-16H,6-11H2,1-5H3. The van der Waals surface area contributed by atoms with E-state index in [1.165, 1.54) is 38.6 Å². The van der Waals surface area contributed by atoms with Crippen molar-refractivity contribution in [3.05, 3.63) is 0 Å². The van der Waals surface area contributed by atoms with E-state index in [-0.39, 0.29) is 0 Å². The van der Waals surface area contributed by atoms with E-state index < -0.39 is 0 Å². The minimum Gasteiger partial charge on any atom is -0.310 e. The third kappa shape index (κ3) is 5.87. The summed E-state index contributed by atoms with van der Waals surface area (Å²) in [5.74, 6) is 1.65. The van der Waals surface area contributed by atoms with Gasteiger partial charge >= 0.3 is 0 Å². The third-order valence-corrected chi connectivity index (χ3v) is 3.90. The van der Waals surface area contributed by atoms with E-state index in [0.29, 0.717) is 6.04 Å². The Labute approximate surface area is 108 Å². The Morgan fingerprint density at radius 1 is 1.18 bits per heavy atom. The SMILES string of the molecule is CC(C)CC(CN(C)C)NC1CCCCC1C. The molecule has 102 valence electrons. The molecule has 1 N–H and O–H groups in total. The maximum Gasteiger partial charge on any atom is 0.0199 e. The lowest BCUT2D eigenvalue weighted by Crippen LogP contribution is -2.48. The van der Waals surface area contributed by atoms with Gasteiger partial charge in [0.25, 0.3) is 0 Å². The number of hydrogen-bond acceptors (Lipinski definition) is 2. The van der Waals surface area contributed by atoms with Gasteiger partial charge in [-0.3, -0.25) is 0 Å². The lowest BCUT2D eigenvalue weighted by atomic mass is 9.85. The Morgan fingerprint density at radius 3 is 2.35 bits per heavy atom. The van der Waals surface area contributed by atoms with Gasteiger partial charge in [-0.25, -0.2) is 0 Å². The van der Waals surface area contributed by atoms with E-state index in [4.69, 9.17) is 0 Å². The van der Waals surface area contributed by atoms with Crippen LogP contribution in [-0.2, 0) is 0 Å². The summed E-state index contributed by atoms with van der Waals surface area (Å²) in [5.41, 5.74) is 0. The van der Waals surface area contributed by atoms with Crippen LogP contribution in [0.5, 0.6) is 0 Å². The van der Waals surface area contributed by atoms with Crippen LogP contribution < -0.4 is 5.32 Å². The van der Waals surface area contributed by atoms with E-state index >= 15 is 0 Å². The van der Waals surface area contributed by atoms with Crippen LogP contribution in [0.3, 0.4) is 0 Å². The molecule has 0 aromatic carbocycles. The first kappa shape index (κ1) is 15.0. The van der Waals surface area contributed by atoms with Gasteiger partial charge in [-0.1, -0.05) is 33.6 Å². The summed E-state index contributed by atoms with van der Waals surface area (Å²) >= 11 is 0. The lowest BCUT2D eigenvalue weighted by Gasteiger charge is -2.35. The Hall–Kier alpha value is -0.0800. The Bertz CT molecular complexity index is 191. The van der Waals surface area contributed by atoms with Gasteiger partial charge < -0.3 is 10.2 Å². The van der Waals surface area contributed by atoms with E-state index in [0.717, 1.165) is 17.9 Å². The van der Waals surface area contributed by atoms with Gasteiger partial charge in [-0.2, -0.15) is 0 Å². The first-order chi connectivity index (χ1) is 7.99. The second-order valence-electron chi connectivity index (χ2n) is 6.62. The van der Waals surface area contributed by atoms with Gasteiger partial charge in [0.2, 0.25) is 0 Å².